The molecule has 6 heteroatoms. The van der Waals surface area contributed by atoms with Gasteiger partial charge in [-0.05, 0) is 32.1 Å². The summed E-state index contributed by atoms with van der Waals surface area (Å²) >= 11 is 0. The molecule has 3 aromatic rings. The summed E-state index contributed by atoms with van der Waals surface area (Å²) < 4.78 is 10.7. The molecule has 0 radical (unpaired) electrons. The molecule has 2 aromatic carbocycles. The molecule has 1 heterocycles. The normalized spacial score (nSPS) is 10.9. The lowest BCUT2D eigenvalue weighted by Crippen LogP contribution is -2.25. The van der Waals surface area contributed by atoms with E-state index in [4.69, 9.17) is 9.26 Å². The Morgan fingerprint density at radius 1 is 1.10 bits per heavy atom. The molecule has 0 atom stereocenters. The number of carbonyl (C=O) groups is 1. The number of ether oxygens (including phenoxy) is 1. The lowest BCUT2D eigenvalue weighted by atomic mass is 10.1. The summed E-state index contributed by atoms with van der Waals surface area (Å²) in [6.07, 6.45) is 2.18. The van der Waals surface area contributed by atoms with Crippen molar-refractivity contribution in [2.24, 2.45) is 0 Å². The zero-order valence-electron chi connectivity index (χ0n) is 16.9. The molecule has 1 N–H and O–H groups in total. The van der Waals surface area contributed by atoms with Crippen LogP contribution in [0.3, 0.4) is 0 Å². The van der Waals surface area contributed by atoms with Crippen molar-refractivity contribution in [3.63, 3.8) is 0 Å². The lowest BCUT2D eigenvalue weighted by molar-refractivity contribution is -0.116. The highest BCUT2D eigenvalue weighted by Crippen LogP contribution is 2.23. The average molecular weight is 393 g/mol. The summed E-state index contributed by atoms with van der Waals surface area (Å²) in [6, 6.07) is 19.4. The number of amides is 1. The minimum absolute atomic E-state index is 0.0240. The first-order chi connectivity index (χ1) is 14.2. The molecule has 0 aliphatic carbocycles. The van der Waals surface area contributed by atoms with Gasteiger partial charge in [0.05, 0.1) is 12.8 Å². The number of hydrogen-bond donors (Lipinski definition) is 1. The van der Waals surface area contributed by atoms with E-state index in [1.807, 2.05) is 67.7 Å². The number of rotatable bonds is 10. The quantitative estimate of drug-likeness (QED) is 0.558. The highest BCUT2D eigenvalue weighted by molar-refractivity contribution is 5.92. The molecule has 29 heavy (non-hydrogen) atoms. The van der Waals surface area contributed by atoms with Crippen LogP contribution < -0.4 is 10.1 Å². The number of methoxy groups -OCH3 is 1. The van der Waals surface area contributed by atoms with Crippen molar-refractivity contribution >= 4 is 11.6 Å². The number of hydrogen-bond acceptors (Lipinski definition) is 5. The van der Waals surface area contributed by atoms with Crippen LogP contribution in [0.4, 0.5) is 5.69 Å². The summed E-state index contributed by atoms with van der Waals surface area (Å²) in [4.78, 5) is 14.4. The third-order valence-corrected chi connectivity index (χ3v) is 4.69. The van der Waals surface area contributed by atoms with Gasteiger partial charge in [-0.15, -0.1) is 0 Å². The van der Waals surface area contributed by atoms with Crippen LogP contribution in [0.2, 0.25) is 0 Å². The largest absolute Gasteiger partial charge is 0.495 e. The number of aromatic nitrogens is 1. The minimum Gasteiger partial charge on any atom is -0.495 e. The van der Waals surface area contributed by atoms with E-state index in [2.05, 4.69) is 15.4 Å². The smallest absolute Gasteiger partial charge is 0.225 e. The molecule has 0 saturated heterocycles. The highest BCUT2D eigenvalue weighted by Gasteiger charge is 2.10. The van der Waals surface area contributed by atoms with E-state index in [9.17, 15) is 4.79 Å². The molecule has 1 aromatic heterocycles. The van der Waals surface area contributed by atoms with Crippen LogP contribution in [-0.4, -0.2) is 43.2 Å². The highest BCUT2D eigenvalue weighted by atomic mass is 16.5. The van der Waals surface area contributed by atoms with E-state index < -0.39 is 0 Å². The van der Waals surface area contributed by atoms with Gasteiger partial charge in [-0.2, -0.15) is 0 Å². The number of carbonyl (C=O) groups excluding carboxylic acids is 1. The molecular weight excluding hydrogens is 366 g/mol. The van der Waals surface area contributed by atoms with Crippen molar-refractivity contribution in [3.8, 4) is 17.0 Å². The SMILES string of the molecule is COc1ccccc1NC(=O)CCN(C)CCCc1cc(-c2ccccc2)no1. The maximum Gasteiger partial charge on any atom is 0.225 e. The topological polar surface area (TPSA) is 67.6 Å². The van der Waals surface area contributed by atoms with Crippen molar-refractivity contribution in [1.29, 1.82) is 0 Å². The summed E-state index contributed by atoms with van der Waals surface area (Å²) in [5.41, 5.74) is 2.62. The Balaban J connectivity index is 1.37. The molecule has 152 valence electrons. The Hall–Kier alpha value is -3.12. The standard InChI is InChI=1S/C23H27N3O3/c1-26(16-14-23(27)24-20-12-6-7-13-22(20)28-2)15-8-11-19-17-21(25-29-19)18-9-4-3-5-10-18/h3-7,9-10,12-13,17H,8,11,14-16H2,1-2H3,(H,24,27). The molecule has 3 rings (SSSR count). The fourth-order valence-corrected chi connectivity index (χ4v) is 3.06. The average Bonchev–Trinajstić information content (AvgIpc) is 3.22. The molecule has 6 nitrogen and oxygen atoms in total. The molecular formula is C23H27N3O3. The fraction of sp³-hybridized carbons (Fsp3) is 0.304. The van der Waals surface area contributed by atoms with Crippen LogP contribution in [0.5, 0.6) is 5.75 Å². The molecule has 0 aliphatic rings. The predicted octanol–water partition coefficient (Wildman–Crippen LogP) is 4.24. The number of aryl methyl sites for hydroxylation is 1. The van der Waals surface area contributed by atoms with E-state index in [-0.39, 0.29) is 5.91 Å². The molecule has 0 unspecified atom stereocenters. The van der Waals surface area contributed by atoms with Gasteiger partial charge in [0.1, 0.15) is 17.2 Å². The van der Waals surface area contributed by atoms with E-state index >= 15 is 0 Å². The van der Waals surface area contributed by atoms with Gasteiger partial charge in [0.2, 0.25) is 5.91 Å². The summed E-state index contributed by atoms with van der Waals surface area (Å²) in [5.74, 6) is 1.52. The van der Waals surface area contributed by atoms with Gasteiger partial charge in [0, 0.05) is 31.0 Å². The number of anilines is 1. The van der Waals surface area contributed by atoms with Gasteiger partial charge in [0.25, 0.3) is 0 Å². The van der Waals surface area contributed by atoms with E-state index in [1.54, 1.807) is 7.11 Å². The fourth-order valence-electron chi connectivity index (χ4n) is 3.06. The Morgan fingerprint density at radius 2 is 1.86 bits per heavy atom. The Morgan fingerprint density at radius 3 is 2.66 bits per heavy atom. The zero-order chi connectivity index (χ0) is 20.5. The summed E-state index contributed by atoms with van der Waals surface area (Å²) in [6.45, 7) is 1.57. The van der Waals surface area contributed by atoms with Crippen molar-refractivity contribution < 1.29 is 14.1 Å². The van der Waals surface area contributed by atoms with Crippen LogP contribution in [0.15, 0.2) is 65.2 Å². The predicted molar refractivity (Wildman–Crippen MR) is 114 cm³/mol. The second-order valence-corrected chi connectivity index (χ2v) is 6.95. The first-order valence-corrected chi connectivity index (χ1v) is 9.78. The van der Waals surface area contributed by atoms with Crippen molar-refractivity contribution in [1.82, 2.24) is 10.1 Å². The van der Waals surface area contributed by atoms with Gasteiger partial charge in [-0.25, -0.2) is 0 Å². The van der Waals surface area contributed by atoms with Crippen molar-refractivity contribution in [2.75, 3.05) is 32.6 Å². The van der Waals surface area contributed by atoms with E-state index in [0.29, 0.717) is 24.4 Å². The molecule has 0 spiro atoms. The zero-order valence-corrected chi connectivity index (χ0v) is 16.9. The Labute approximate surface area is 171 Å². The van der Waals surface area contributed by atoms with Gasteiger partial charge in [-0.3, -0.25) is 4.79 Å². The number of benzene rings is 2. The van der Waals surface area contributed by atoms with E-state index in [1.165, 1.54) is 0 Å². The van der Waals surface area contributed by atoms with Crippen LogP contribution in [0.25, 0.3) is 11.3 Å². The number of nitrogens with zero attached hydrogens (tertiary/aromatic N) is 2. The molecule has 0 fully saturated rings. The summed E-state index contributed by atoms with van der Waals surface area (Å²) in [7, 11) is 3.61. The van der Waals surface area contributed by atoms with Gasteiger partial charge in [0.15, 0.2) is 0 Å². The summed E-state index contributed by atoms with van der Waals surface area (Å²) in [5, 5.41) is 7.05. The molecule has 1 amide bonds. The van der Waals surface area contributed by atoms with Crippen LogP contribution in [-0.2, 0) is 11.2 Å². The maximum atomic E-state index is 12.2. The Kier molecular flexibility index (Phi) is 7.41. The first-order valence-electron chi connectivity index (χ1n) is 9.78. The Bertz CT molecular complexity index is 908. The monoisotopic (exact) mass is 393 g/mol. The van der Waals surface area contributed by atoms with Gasteiger partial charge in [-0.1, -0.05) is 47.6 Å². The van der Waals surface area contributed by atoms with Crippen LogP contribution >= 0.6 is 0 Å². The minimum atomic E-state index is -0.0240. The van der Waals surface area contributed by atoms with Gasteiger partial charge < -0.3 is 19.5 Å². The van der Waals surface area contributed by atoms with Crippen LogP contribution in [0.1, 0.15) is 18.6 Å². The maximum absolute atomic E-state index is 12.2. The first kappa shape index (κ1) is 20.6. The van der Waals surface area contributed by atoms with Gasteiger partial charge >= 0.3 is 0 Å². The van der Waals surface area contributed by atoms with E-state index in [0.717, 1.165) is 36.4 Å². The van der Waals surface area contributed by atoms with Crippen molar-refractivity contribution in [3.05, 3.63) is 66.4 Å². The molecule has 0 saturated carbocycles. The molecule has 0 aliphatic heterocycles. The number of para-hydroxylation sites is 2. The third kappa shape index (κ3) is 6.19. The van der Waals surface area contributed by atoms with Crippen LogP contribution in [0, 0.1) is 0 Å². The number of nitrogens with one attached hydrogen (secondary N) is 1. The molecule has 0 bridgehead atoms. The third-order valence-electron chi connectivity index (χ3n) is 4.69. The second kappa shape index (κ2) is 10.4. The lowest BCUT2D eigenvalue weighted by Gasteiger charge is -2.16. The second-order valence-electron chi connectivity index (χ2n) is 6.95. The van der Waals surface area contributed by atoms with Crippen molar-refractivity contribution in [2.45, 2.75) is 19.3 Å².